The van der Waals surface area contributed by atoms with Crippen LogP contribution in [0.1, 0.15) is 34.1 Å². The zero-order chi connectivity index (χ0) is 9.12. The molecule has 0 N–H and O–H groups in total. The molecule has 0 saturated heterocycles. The normalized spacial score (nSPS) is 17.1. The third-order valence-corrected chi connectivity index (χ3v) is 2.98. The highest BCUT2D eigenvalue weighted by molar-refractivity contribution is 5.60. The van der Waals surface area contributed by atoms with Gasteiger partial charge in [-0.25, -0.2) is 0 Å². The van der Waals surface area contributed by atoms with Crippen LogP contribution >= 0.6 is 0 Å². The van der Waals surface area contributed by atoms with Gasteiger partial charge in [0, 0.05) is 5.41 Å². The molecule has 0 saturated carbocycles. The Morgan fingerprint density at radius 1 is 1.36 bits per heavy atom. The van der Waals surface area contributed by atoms with Crippen molar-refractivity contribution in [2.24, 2.45) is 10.8 Å². The van der Waals surface area contributed by atoms with Crippen molar-refractivity contribution < 1.29 is 4.79 Å². The second kappa shape index (κ2) is 3.21. The molecule has 0 aromatic heterocycles. The maximum Gasteiger partial charge on any atom is 0.126 e. The van der Waals surface area contributed by atoms with E-state index in [1.54, 1.807) is 0 Å². The van der Waals surface area contributed by atoms with Gasteiger partial charge in [0.05, 0.1) is 0 Å². The van der Waals surface area contributed by atoms with Crippen molar-refractivity contribution >= 4 is 6.29 Å². The fraction of sp³-hybridized carbons (Fsp3) is 0.700. The summed E-state index contributed by atoms with van der Waals surface area (Å²) in [6.45, 7) is 11.8. The fourth-order valence-corrected chi connectivity index (χ4v) is 0.924. The molecule has 0 aromatic rings. The lowest BCUT2D eigenvalue weighted by Crippen LogP contribution is -2.34. The molecule has 1 heteroatoms. The first-order valence-electron chi connectivity index (χ1n) is 4.03. The Hall–Kier alpha value is -0.590. The third-order valence-electron chi connectivity index (χ3n) is 2.98. The van der Waals surface area contributed by atoms with Crippen molar-refractivity contribution in [2.75, 3.05) is 0 Å². The highest BCUT2D eigenvalue weighted by atomic mass is 16.1. The highest BCUT2D eigenvalue weighted by Gasteiger charge is 2.36. The topological polar surface area (TPSA) is 17.1 Å². The fourth-order valence-electron chi connectivity index (χ4n) is 0.924. The van der Waals surface area contributed by atoms with Crippen LogP contribution in [0.4, 0.5) is 0 Å². The van der Waals surface area contributed by atoms with Gasteiger partial charge in [0.15, 0.2) is 0 Å². The number of aldehydes is 1. The Morgan fingerprint density at radius 2 is 1.82 bits per heavy atom. The first kappa shape index (κ1) is 10.4. The standard InChI is InChI=1S/C10H18O/c1-6-9(3,4)10(5,7-2)8-11/h6,8H,1,7H2,2-5H3. The van der Waals surface area contributed by atoms with Gasteiger partial charge >= 0.3 is 0 Å². The zero-order valence-electron chi connectivity index (χ0n) is 7.98. The molecular weight excluding hydrogens is 136 g/mol. The predicted octanol–water partition coefficient (Wildman–Crippen LogP) is 2.81. The summed E-state index contributed by atoms with van der Waals surface area (Å²) in [5.41, 5.74) is -0.377. The molecule has 0 spiro atoms. The first-order valence-corrected chi connectivity index (χ1v) is 4.03. The molecule has 0 aliphatic heterocycles. The first-order chi connectivity index (χ1) is 4.93. The van der Waals surface area contributed by atoms with Crippen LogP contribution in [-0.4, -0.2) is 6.29 Å². The van der Waals surface area contributed by atoms with Gasteiger partial charge < -0.3 is 4.79 Å². The minimum absolute atomic E-state index is 0.108. The Balaban J connectivity index is 4.74. The maximum absolute atomic E-state index is 10.8. The van der Waals surface area contributed by atoms with Gasteiger partial charge in [-0.2, -0.15) is 0 Å². The van der Waals surface area contributed by atoms with E-state index in [1.165, 1.54) is 0 Å². The molecule has 1 atom stereocenters. The van der Waals surface area contributed by atoms with Crippen LogP contribution in [0.3, 0.4) is 0 Å². The minimum atomic E-state index is -0.269. The Morgan fingerprint density at radius 3 is 1.91 bits per heavy atom. The van der Waals surface area contributed by atoms with E-state index < -0.39 is 0 Å². The second-order valence-corrected chi connectivity index (χ2v) is 3.81. The van der Waals surface area contributed by atoms with Gasteiger partial charge in [-0.1, -0.05) is 33.8 Å². The molecule has 0 amide bonds. The van der Waals surface area contributed by atoms with Gasteiger partial charge in [0.25, 0.3) is 0 Å². The molecule has 1 nitrogen and oxygen atoms in total. The number of hydrogen-bond acceptors (Lipinski definition) is 1. The number of rotatable bonds is 4. The smallest absolute Gasteiger partial charge is 0.126 e. The second-order valence-electron chi connectivity index (χ2n) is 3.81. The monoisotopic (exact) mass is 154 g/mol. The van der Waals surface area contributed by atoms with Crippen LogP contribution in [0.25, 0.3) is 0 Å². The SMILES string of the molecule is C=CC(C)(C)C(C)(C=O)CC. The van der Waals surface area contributed by atoms with E-state index in [-0.39, 0.29) is 10.8 Å². The summed E-state index contributed by atoms with van der Waals surface area (Å²) in [7, 11) is 0. The van der Waals surface area contributed by atoms with Crippen LogP contribution in [0.2, 0.25) is 0 Å². The zero-order valence-corrected chi connectivity index (χ0v) is 7.98. The van der Waals surface area contributed by atoms with E-state index in [0.717, 1.165) is 12.7 Å². The molecular formula is C10H18O. The summed E-state index contributed by atoms with van der Waals surface area (Å²) in [6.07, 6.45) is 3.75. The van der Waals surface area contributed by atoms with Gasteiger partial charge in [0.1, 0.15) is 6.29 Å². The predicted molar refractivity (Wildman–Crippen MR) is 48.4 cm³/mol. The van der Waals surface area contributed by atoms with E-state index in [4.69, 9.17) is 0 Å². The minimum Gasteiger partial charge on any atom is -0.303 e. The van der Waals surface area contributed by atoms with Crippen molar-refractivity contribution in [1.29, 1.82) is 0 Å². The summed E-state index contributed by atoms with van der Waals surface area (Å²) >= 11 is 0. The average molecular weight is 154 g/mol. The Bertz CT molecular complexity index is 158. The molecule has 0 bridgehead atoms. The summed E-state index contributed by atoms with van der Waals surface area (Å²) in [5, 5.41) is 0. The quantitative estimate of drug-likeness (QED) is 0.449. The molecule has 0 aromatic carbocycles. The molecule has 0 radical (unpaired) electrons. The molecule has 0 rings (SSSR count). The maximum atomic E-state index is 10.8. The van der Waals surface area contributed by atoms with Crippen LogP contribution < -0.4 is 0 Å². The number of carbonyl (C=O) groups is 1. The lowest BCUT2D eigenvalue weighted by Gasteiger charge is -2.36. The molecule has 0 fully saturated rings. The van der Waals surface area contributed by atoms with Crippen molar-refractivity contribution in [3.05, 3.63) is 12.7 Å². The van der Waals surface area contributed by atoms with Gasteiger partial charge in [-0.15, -0.1) is 6.58 Å². The van der Waals surface area contributed by atoms with Crippen molar-refractivity contribution in [2.45, 2.75) is 34.1 Å². The van der Waals surface area contributed by atoms with Gasteiger partial charge in [-0.05, 0) is 11.8 Å². The van der Waals surface area contributed by atoms with Crippen LogP contribution in [0.5, 0.6) is 0 Å². The summed E-state index contributed by atoms with van der Waals surface area (Å²) in [5.74, 6) is 0. The lowest BCUT2D eigenvalue weighted by atomic mass is 9.66. The number of hydrogen-bond donors (Lipinski definition) is 0. The van der Waals surface area contributed by atoms with E-state index in [1.807, 2.05) is 33.8 Å². The van der Waals surface area contributed by atoms with Gasteiger partial charge in [-0.3, -0.25) is 0 Å². The molecule has 0 aliphatic carbocycles. The number of carbonyl (C=O) groups excluding carboxylic acids is 1. The van der Waals surface area contributed by atoms with Crippen LogP contribution in [0, 0.1) is 10.8 Å². The third kappa shape index (κ3) is 1.70. The Kier molecular flexibility index (Phi) is 3.03. The average Bonchev–Trinajstić information content (AvgIpc) is 2.02. The molecule has 1 unspecified atom stereocenters. The molecule has 0 aliphatic rings. The lowest BCUT2D eigenvalue weighted by molar-refractivity contribution is -0.119. The van der Waals surface area contributed by atoms with Crippen LogP contribution in [-0.2, 0) is 4.79 Å². The van der Waals surface area contributed by atoms with E-state index in [9.17, 15) is 4.79 Å². The Labute approximate surface area is 69.5 Å². The van der Waals surface area contributed by atoms with Crippen LogP contribution in [0.15, 0.2) is 12.7 Å². The highest BCUT2D eigenvalue weighted by Crippen LogP contribution is 2.40. The molecule has 11 heavy (non-hydrogen) atoms. The summed E-state index contributed by atoms with van der Waals surface area (Å²) in [4.78, 5) is 10.8. The molecule has 64 valence electrons. The van der Waals surface area contributed by atoms with Gasteiger partial charge in [0.2, 0.25) is 0 Å². The van der Waals surface area contributed by atoms with Crippen molar-refractivity contribution in [1.82, 2.24) is 0 Å². The van der Waals surface area contributed by atoms with Crippen molar-refractivity contribution in [3.8, 4) is 0 Å². The number of allylic oxidation sites excluding steroid dienone is 1. The van der Waals surface area contributed by atoms with E-state index in [2.05, 4.69) is 6.58 Å². The summed E-state index contributed by atoms with van der Waals surface area (Å²) in [6, 6.07) is 0. The van der Waals surface area contributed by atoms with E-state index >= 15 is 0 Å². The molecule has 0 heterocycles. The van der Waals surface area contributed by atoms with E-state index in [0.29, 0.717) is 0 Å². The summed E-state index contributed by atoms with van der Waals surface area (Å²) < 4.78 is 0. The largest absolute Gasteiger partial charge is 0.303 e. The van der Waals surface area contributed by atoms with Crippen molar-refractivity contribution in [3.63, 3.8) is 0 Å².